The molecule has 48 heavy (non-hydrogen) atoms. The summed E-state index contributed by atoms with van der Waals surface area (Å²) < 4.78 is 39.1. The summed E-state index contributed by atoms with van der Waals surface area (Å²) in [5, 5.41) is 14.9. The quantitative estimate of drug-likeness (QED) is 0.201. The number of piperidine rings is 1. The van der Waals surface area contributed by atoms with Crippen molar-refractivity contribution in [3.8, 4) is 23.0 Å². The summed E-state index contributed by atoms with van der Waals surface area (Å²) in [6.45, 7) is 1.68. The first-order valence-electron chi connectivity index (χ1n) is 15.5. The highest BCUT2D eigenvalue weighted by atomic mass is 16.9. The van der Waals surface area contributed by atoms with E-state index in [1.165, 1.54) is 45.1 Å². The van der Waals surface area contributed by atoms with E-state index in [0.29, 0.717) is 23.7 Å². The molecule has 6 rings (SSSR count). The van der Waals surface area contributed by atoms with Gasteiger partial charge in [-0.1, -0.05) is 0 Å². The minimum atomic E-state index is -1.50. The van der Waals surface area contributed by atoms with Gasteiger partial charge in [-0.05, 0) is 60.9 Å². The van der Waals surface area contributed by atoms with E-state index in [1.54, 1.807) is 26.4 Å². The van der Waals surface area contributed by atoms with E-state index in [-0.39, 0.29) is 29.4 Å². The van der Waals surface area contributed by atoms with E-state index < -0.39 is 29.2 Å². The number of ether oxygens (including phenoxy) is 7. The molecule has 1 saturated carbocycles. The number of nitrogens with one attached hydrogen (secondary N) is 1. The molecule has 2 fully saturated rings. The van der Waals surface area contributed by atoms with Gasteiger partial charge in [0, 0.05) is 42.9 Å². The molecule has 6 atom stereocenters. The van der Waals surface area contributed by atoms with E-state index in [2.05, 4.69) is 16.0 Å². The molecule has 0 amide bonds. The van der Waals surface area contributed by atoms with Crippen LogP contribution in [0, 0.1) is 27.9 Å². The second-order valence-electron chi connectivity index (χ2n) is 11.9. The number of rotatable bonds is 8. The van der Waals surface area contributed by atoms with Gasteiger partial charge in [0.1, 0.15) is 18.0 Å². The monoisotopic (exact) mass is 671 g/mol. The number of aromatic amines is 1. The van der Waals surface area contributed by atoms with E-state index >= 15 is 0 Å². The predicted octanol–water partition coefficient (Wildman–Crippen LogP) is 3.82. The summed E-state index contributed by atoms with van der Waals surface area (Å²) in [6.07, 6.45) is 0.920. The van der Waals surface area contributed by atoms with Crippen molar-refractivity contribution in [3.63, 3.8) is 0 Å². The standard InChI is InChI=1S/C33H40N2O9.HNO3/c1-38-19-7-8-20-21-9-10-35-16-18-13-27(44-32(36)17-11-25(39-2)30(41-4)26(12-17)40-3)31(42-5)28(33(37)43-6)22(18)15-24(35)29(21)34-23(20)14-19;2-1(3)4/h7-8,11-12,14,18,22,24,27-28,31,34H,9-10,13,15-16H2,1-6H3;(H,2,3,4)/t18-,22+,24-,27-,28+,31+;/m1./s1. The van der Waals surface area contributed by atoms with Crippen molar-refractivity contribution in [1.29, 1.82) is 0 Å². The minimum absolute atomic E-state index is 0.0170. The molecule has 0 bridgehead atoms. The van der Waals surface area contributed by atoms with Gasteiger partial charge < -0.3 is 43.3 Å². The maximum absolute atomic E-state index is 13.5. The van der Waals surface area contributed by atoms with Gasteiger partial charge in [-0.25, -0.2) is 4.79 Å². The maximum atomic E-state index is 13.5. The van der Waals surface area contributed by atoms with Crippen LogP contribution in [0.2, 0.25) is 0 Å². The van der Waals surface area contributed by atoms with Crippen LogP contribution < -0.4 is 18.9 Å². The zero-order chi connectivity index (χ0) is 34.7. The molecule has 0 spiro atoms. The van der Waals surface area contributed by atoms with Gasteiger partial charge in [-0.2, -0.15) is 0 Å². The van der Waals surface area contributed by atoms with Crippen LogP contribution in [0.15, 0.2) is 30.3 Å². The molecule has 1 aromatic heterocycles. The number of carbonyl (C=O) groups is 2. The smallest absolute Gasteiger partial charge is 0.338 e. The minimum Gasteiger partial charge on any atom is -0.497 e. The lowest BCUT2D eigenvalue weighted by Crippen LogP contribution is -2.58. The Morgan fingerprint density at radius 3 is 2.25 bits per heavy atom. The molecule has 3 heterocycles. The maximum Gasteiger partial charge on any atom is 0.338 e. The number of benzene rings is 2. The fourth-order valence-electron chi connectivity index (χ4n) is 7.76. The van der Waals surface area contributed by atoms with Gasteiger partial charge in [0.25, 0.3) is 5.09 Å². The normalized spacial score (nSPS) is 24.5. The lowest BCUT2D eigenvalue weighted by molar-refractivity contribution is -0.742. The second-order valence-corrected chi connectivity index (χ2v) is 11.9. The highest BCUT2D eigenvalue weighted by Gasteiger charge is 2.54. The molecule has 1 saturated heterocycles. The van der Waals surface area contributed by atoms with Crippen molar-refractivity contribution in [1.82, 2.24) is 9.88 Å². The number of hydrogen-bond acceptors (Lipinski definition) is 12. The van der Waals surface area contributed by atoms with Crippen molar-refractivity contribution in [2.75, 3.05) is 55.7 Å². The fourth-order valence-corrected chi connectivity index (χ4v) is 7.76. The Morgan fingerprint density at radius 1 is 0.979 bits per heavy atom. The largest absolute Gasteiger partial charge is 0.497 e. The number of methoxy groups -OCH3 is 6. The highest BCUT2D eigenvalue weighted by molar-refractivity contribution is 5.91. The SMILES string of the molecule is COC(=O)[C@H]1[C@H]2C[C@@H]3c4[nH]c5cc(OC)ccc5c4CCN3C[C@H]2C[C@@H](OC(=O)c2cc(OC)c(OC)c(OC)c2)[C@@H]1OC.O=[N+]([O-])O. The molecule has 15 nitrogen and oxygen atoms in total. The number of H-pyrrole nitrogens is 1. The number of aromatic nitrogens is 1. The molecule has 3 aliphatic rings. The first-order chi connectivity index (χ1) is 23.1. The predicted molar refractivity (Wildman–Crippen MR) is 169 cm³/mol. The molecular weight excluding hydrogens is 630 g/mol. The van der Waals surface area contributed by atoms with Crippen LogP contribution in [0.25, 0.3) is 10.9 Å². The topological polar surface area (TPSA) is 181 Å². The summed E-state index contributed by atoms with van der Waals surface area (Å²) >= 11 is 0. The van der Waals surface area contributed by atoms with Crippen LogP contribution in [0.1, 0.15) is 40.5 Å². The first kappa shape index (κ1) is 34.6. The van der Waals surface area contributed by atoms with Gasteiger partial charge >= 0.3 is 11.9 Å². The van der Waals surface area contributed by atoms with Crippen molar-refractivity contribution in [3.05, 3.63) is 57.3 Å². The summed E-state index contributed by atoms with van der Waals surface area (Å²) in [6, 6.07) is 9.40. The van der Waals surface area contributed by atoms with Crippen LogP contribution >= 0.6 is 0 Å². The summed E-state index contributed by atoms with van der Waals surface area (Å²) in [5.74, 6) is 0.441. The molecule has 1 aliphatic carbocycles. The molecule has 2 aliphatic heterocycles. The highest BCUT2D eigenvalue weighted by Crippen LogP contribution is 2.51. The Kier molecular flexibility index (Phi) is 10.5. The van der Waals surface area contributed by atoms with E-state index in [1.807, 2.05) is 12.1 Å². The van der Waals surface area contributed by atoms with E-state index in [0.717, 1.165) is 37.2 Å². The van der Waals surface area contributed by atoms with Crippen molar-refractivity contribution in [2.45, 2.75) is 37.5 Å². The Balaban J connectivity index is 0.00000107. The van der Waals surface area contributed by atoms with Crippen LogP contribution in [0.5, 0.6) is 23.0 Å². The Labute approximate surface area is 277 Å². The van der Waals surface area contributed by atoms with Gasteiger partial charge in [0.05, 0.1) is 53.1 Å². The average Bonchev–Trinajstić information content (AvgIpc) is 3.47. The Bertz CT molecular complexity index is 1630. The van der Waals surface area contributed by atoms with Gasteiger partial charge in [0.2, 0.25) is 5.75 Å². The number of nitrogens with zero attached hydrogens (tertiary/aromatic N) is 2. The van der Waals surface area contributed by atoms with E-state index in [4.69, 9.17) is 48.5 Å². The van der Waals surface area contributed by atoms with Crippen LogP contribution in [0.3, 0.4) is 0 Å². The van der Waals surface area contributed by atoms with Gasteiger partial charge in [-0.15, -0.1) is 10.1 Å². The summed E-state index contributed by atoms with van der Waals surface area (Å²) in [7, 11) is 9.10. The third-order valence-electron chi connectivity index (χ3n) is 9.76. The average molecular weight is 672 g/mol. The molecule has 2 N–H and O–H groups in total. The van der Waals surface area contributed by atoms with Crippen LogP contribution in [-0.4, -0.2) is 100 Å². The first-order valence-corrected chi connectivity index (χ1v) is 15.5. The zero-order valence-corrected chi connectivity index (χ0v) is 27.7. The number of fused-ring (bicyclic) bond motifs is 6. The molecule has 15 heteroatoms. The Hall–Kier alpha value is -4.76. The lowest BCUT2D eigenvalue weighted by atomic mass is 9.63. The van der Waals surface area contributed by atoms with Gasteiger partial charge in [0.15, 0.2) is 11.5 Å². The summed E-state index contributed by atoms with van der Waals surface area (Å²) in [4.78, 5) is 41.5. The van der Waals surface area contributed by atoms with E-state index in [9.17, 15) is 9.59 Å². The van der Waals surface area contributed by atoms with Crippen LogP contribution in [-0.2, 0) is 25.4 Å². The van der Waals surface area contributed by atoms with Gasteiger partial charge in [-0.3, -0.25) is 9.69 Å². The third kappa shape index (κ3) is 6.52. The number of esters is 2. The molecule has 260 valence electrons. The second kappa shape index (κ2) is 14.6. The number of carbonyl (C=O) groups excluding carboxylic acids is 2. The lowest BCUT2D eigenvalue weighted by Gasteiger charge is -2.52. The molecule has 0 radical (unpaired) electrons. The van der Waals surface area contributed by atoms with Crippen molar-refractivity contribution >= 4 is 22.8 Å². The molecular formula is C33H41N3O12. The third-order valence-corrected chi connectivity index (χ3v) is 9.76. The molecule has 0 unspecified atom stereocenters. The van der Waals surface area contributed by atoms with Crippen molar-refractivity contribution in [2.24, 2.45) is 17.8 Å². The van der Waals surface area contributed by atoms with Crippen LogP contribution in [0.4, 0.5) is 0 Å². The number of hydrogen-bond donors (Lipinski definition) is 2. The molecule has 3 aromatic rings. The van der Waals surface area contributed by atoms with Crippen molar-refractivity contribution < 1.29 is 53.0 Å². The fraction of sp³-hybridized carbons (Fsp3) is 0.515. The Morgan fingerprint density at radius 2 is 1.67 bits per heavy atom. The zero-order valence-electron chi connectivity index (χ0n) is 27.7. The molecule has 2 aromatic carbocycles. The summed E-state index contributed by atoms with van der Waals surface area (Å²) in [5.41, 5.74) is 3.83.